The fourth-order valence-corrected chi connectivity index (χ4v) is 17.9. The molecule has 6 fully saturated rings. The molecule has 1 aromatic carbocycles. The van der Waals surface area contributed by atoms with E-state index in [0.717, 1.165) is 11.1 Å². The standard InChI is InChI=1S/C69H103ClF2N14O12S2/c1-38-61(91)81-53(26-42-32-76-50-13-11-44(71)28-47(42)50)63(93)82-54(27-43-33-77-51-14-12-45(72)29-48(43)51)64(94)84-56(31-60(89)90)66(96)83-55(30-46-34-74-37-78-46)65(95)85-57(25-39-10-15-58(87)49(70)24-39)67(97)86-20-6-17-69(86,2)68(98)75-19-22-100-36-41-8-5-7-40(23-41)35-99-21-16-59(88)80-52(62(92)79-38)9-3-4-18-73/h5,7-8,23,34,37-39,42-45,47-58,76-77,87H,3-4,6,9-22,24-33,35-36,73H2,1-2H3,(H,74,78)(H,75,98)(H,79,92)(H,80,88)(H,81,91)(H,82,93)(H,83,96)(H,84,94)(H,85,95)(H,89,90)/t38-,39?,42?,43?,44?,45?,47?,48?,49?,50?,51?,52+,53+,54+,55+,56+,57+,58?,69+/m1/s1. The Labute approximate surface area is 596 Å². The number of alkyl halides is 3. The van der Waals surface area contributed by atoms with Crippen molar-refractivity contribution in [2.24, 2.45) is 35.3 Å². The van der Waals surface area contributed by atoms with Crippen LogP contribution >= 0.6 is 35.1 Å². The van der Waals surface area contributed by atoms with Gasteiger partial charge in [0, 0.05) is 72.9 Å². The van der Waals surface area contributed by atoms with Crippen molar-refractivity contribution in [2.75, 3.05) is 44.2 Å². The van der Waals surface area contributed by atoms with Gasteiger partial charge in [-0.25, -0.2) is 13.8 Å². The molecular formula is C69H103ClF2N14O12S2. The molecule has 1 aromatic heterocycles. The number of fused-ring (bicyclic) bond motifs is 5. The summed E-state index contributed by atoms with van der Waals surface area (Å²) in [7, 11) is 0. The van der Waals surface area contributed by atoms with Gasteiger partial charge in [-0.3, -0.25) is 47.9 Å². The molecule has 9 rings (SSSR count). The van der Waals surface area contributed by atoms with E-state index in [4.69, 9.17) is 17.3 Å². The number of benzene rings is 1. The molecular weight excluding hydrogens is 1350 g/mol. The SMILES string of the molecule is C[C@H]1NC(=O)[C@H](CCCCN)NC(=O)CCSCc2cccc(c2)CSCCNC(=O)[C@]2(C)CCCN2C(=O)[C@H](CC2CCC(O)C(Cl)C2)NC(=O)[C@H](Cc2cnc[nH]2)NC(=O)[C@H](CC(=O)O)NC(=O)[C@H](CC2CNC3CCC(F)CC23)NC(=O)[C@H](CC2CNC3CCC(F)CC23)NC1=O. The molecule has 26 nitrogen and oxygen atoms in total. The van der Waals surface area contributed by atoms with Crippen LogP contribution in [-0.4, -0.2) is 212 Å². The van der Waals surface area contributed by atoms with Gasteiger partial charge in [-0.05, 0) is 183 Å². The predicted molar refractivity (Wildman–Crippen MR) is 374 cm³/mol. The summed E-state index contributed by atoms with van der Waals surface area (Å²) < 4.78 is 30.5. The molecule has 3 saturated carbocycles. The molecule has 11 unspecified atom stereocenters. The van der Waals surface area contributed by atoms with E-state index in [1.807, 2.05) is 18.2 Å². The smallest absolute Gasteiger partial charge is 0.305 e. The Morgan fingerprint density at radius 1 is 0.710 bits per heavy atom. The second-order valence-electron chi connectivity index (χ2n) is 28.8. The number of thioether (sulfide) groups is 2. The van der Waals surface area contributed by atoms with Gasteiger partial charge in [0.05, 0.1) is 24.2 Å². The van der Waals surface area contributed by atoms with Gasteiger partial charge in [-0.1, -0.05) is 24.3 Å². The Balaban J connectivity index is 1.03. The van der Waals surface area contributed by atoms with Gasteiger partial charge in [0.15, 0.2) is 0 Å². The fourth-order valence-electron chi connectivity index (χ4n) is 15.8. The molecule has 3 aliphatic carbocycles. The first-order valence-electron chi connectivity index (χ1n) is 35.9. The lowest BCUT2D eigenvalue weighted by molar-refractivity contribution is -0.147. The number of hydrogen-bond donors (Lipinski definition) is 14. The molecule has 0 spiro atoms. The third-order valence-corrected chi connectivity index (χ3v) is 24.0. The molecule has 2 aromatic rings. The Morgan fingerprint density at radius 2 is 1.30 bits per heavy atom. The van der Waals surface area contributed by atoms with Gasteiger partial charge in [0.25, 0.3) is 0 Å². The van der Waals surface area contributed by atoms with Crippen LogP contribution in [0.1, 0.15) is 153 Å². The first kappa shape index (κ1) is 78.0. The first-order chi connectivity index (χ1) is 47.9. The van der Waals surface area contributed by atoms with Crippen LogP contribution < -0.4 is 58.9 Å². The van der Waals surface area contributed by atoms with Crippen LogP contribution in [0.25, 0.3) is 0 Å². The van der Waals surface area contributed by atoms with Gasteiger partial charge in [-0.2, -0.15) is 23.5 Å². The van der Waals surface area contributed by atoms with Gasteiger partial charge in [-0.15, -0.1) is 11.6 Å². The predicted octanol–water partition coefficient (Wildman–Crippen LogP) is 2.43. The quantitative estimate of drug-likeness (QED) is 0.0954. The zero-order valence-corrected chi connectivity index (χ0v) is 59.7. The fraction of sp³-hybridized carbons (Fsp3) is 0.725. The number of hydrogen-bond acceptors (Lipinski definition) is 17. The number of aromatic amines is 1. The van der Waals surface area contributed by atoms with E-state index in [0.29, 0.717) is 119 Å². The highest BCUT2D eigenvalue weighted by molar-refractivity contribution is 7.98. The largest absolute Gasteiger partial charge is 0.481 e. The summed E-state index contributed by atoms with van der Waals surface area (Å²) in [6, 6.07) is -2.28. The average molecular weight is 1460 g/mol. The zero-order chi connectivity index (χ0) is 71.6. The maximum absolute atomic E-state index is 15.3. The van der Waals surface area contributed by atoms with Crippen molar-refractivity contribution in [3.8, 4) is 0 Å². The second-order valence-corrected chi connectivity index (χ2v) is 31.6. The average Bonchev–Trinajstić information content (AvgIpc) is 1.59. The van der Waals surface area contributed by atoms with Crippen molar-refractivity contribution >= 4 is 94.3 Å². The van der Waals surface area contributed by atoms with Crippen molar-refractivity contribution in [1.29, 1.82) is 0 Å². The minimum atomic E-state index is -1.92. The third-order valence-electron chi connectivity index (χ3n) is 21.4. The van der Waals surface area contributed by atoms with Crippen LogP contribution in [0.4, 0.5) is 8.78 Å². The molecule has 9 amide bonds. The summed E-state index contributed by atoms with van der Waals surface area (Å²) in [6.45, 7) is 4.58. The molecule has 19 atom stereocenters. The van der Waals surface area contributed by atoms with Crippen LogP contribution in [0, 0.1) is 29.6 Å². The lowest BCUT2D eigenvalue weighted by Crippen LogP contribution is -2.62. The number of nitrogens with zero attached hydrogens (tertiary/aromatic N) is 2. The van der Waals surface area contributed by atoms with Gasteiger partial charge in [0.1, 0.15) is 60.2 Å². The normalized spacial score (nSPS) is 34.9. The zero-order valence-electron chi connectivity index (χ0n) is 57.3. The van der Waals surface area contributed by atoms with Crippen LogP contribution in [0.3, 0.4) is 0 Å². The van der Waals surface area contributed by atoms with Gasteiger partial charge < -0.3 is 79.0 Å². The van der Waals surface area contributed by atoms with Crippen molar-refractivity contribution in [2.45, 2.75) is 238 Å². The van der Waals surface area contributed by atoms with E-state index in [1.165, 1.54) is 24.3 Å². The monoisotopic (exact) mass is 1460 g/mol. The minimum Gasteiger partial charge on any atom is -0.481 e. The Hall–Kier alpha value is -6.18. The van der Waals surface area contributed by atoms with Gasteiger partial charge in [0.2, 0.25) is 53.2 Å². The number of aromatic nitrogens is 2. The minimum absolute atomic E-state index is 0.0370. The summed E-state index contributed by atoms with van der Waals surface area (Å²) in [5.41, 5.74) is 6.92. The number of imidazole rings is 1. The summed E-state index contributed by atoms with van der Waals surface area (Å²) >= 11 is 9.77. The van der Waals surface area contributed by atoms with Crippen molar-refractivity contribution < 1.29 is 66.9 Å². The topological polar surface area (TPSA) is 389 Å². The van der Waals surface area contributed by atoms with E-state index in [2.05, 4.69) is 69.2 Å². The number of unbranched alkanes of at least 4 members (excludes halogenated alkanes) is 1. The number of amides is 9. The highest BCUT2D eigenvalue weighted by atomic mass is 35.5. The molecule has 5 heterocycles. The van der Waals surface area contributed by atoms with E-state index in [-0.39, 0.29) is 112 Å². The van der Waals surface area contributed by atoms with Crippen LogP contribution in [0.2, 0.25) is 0 Å². The van der Waals surface area contributed by atoms with E-state index in [9.17, 15) is 39.0 Å². The van der Waals surface area contributed by atoms with Crippen LogP contribution in [-0.2, 0) is 65.9 Å². The third kappa shape index (κ3) is 21.7. The molecule has 4 aliphatic heterocycles. The number of carbonyl (C=O) groups is 10. The molecule has 100 heavy (non-hydrogen) atoms. The van der Waals surface area contributed by atoms with E-state index >= 15 is 28.0 Å². The number of nitrogens with two attached hydrogens (primary N) is 1. The van der Waals surface area contributed by atoms with Crippen molar-refractivity contribution in [3.63, 3.8) is 0 Å². The number of H-pyrrole nitrogens is 1. The number of halogens is 3. The lowest BCUT2D eigenvalue weighted by atomic mass is 9.76. The van der Waals surface area contributed by atoms with Crippen LogP contribution in [0.15, 0.2) is 36.8 Å². The van der Waals surface area contributed by atoms with E-state index < -0.39 is 131 Å². The lowest BCUT2D eigenvalue weighted by Gasteiger charge is -2.38. The highest BCUT2D eigenvalue weighted by Crippen LogP contribution is 2.41. The summed E-state index contributed by atoms with van der Waals surface area (Å²) in [6.07, 6.45) is 3.51. The second kappa shape index (κ2) is 37.3. The van der Waals surface area contributed by atoms with E-state index in [1.54, 1.807) is 30.4 Å². The number of nitrogens with one attached hydrogen (secondary N) is 11. The molecule has 2 bridgehead atoms. The number of aliphatic carboxylic acids is 1. The molecule has 554 valence electrons. The number of carboxylic acid groups (broad SMARTS) is 1. The van der Waals surface area contributed by atoms with Crippen LogP contribution in [0.5, 0.6) is 0 Å². The Bertz CT molecular complexity index is 3150. The molecule has 0 radical (unpaired) electrons. The summed E-state index contributed by atoms with van der Waals surface area (Å²) in [4.78, 5) is 154. The maximum Gasteiger partial charge on any atom is 0.305 e. The molecule has 31 heteroatoms. The molecule has 15 N–H and O–H groups in total. The number of rotatable bonds is 14. The summed E-state index contributed by atoms with van der Waals surface area (Å²) in [5, 5.41) is 49.6. The Kier molecular flexibility index (Phi) is 29.1. The summed E-state index contributed by atoms with van der Waals surface area (Å²) in [5.74, 6) is -7.64. The first-order valence-corrected chi connectivity index (χ1v) is 38.6. The number of aliphatic hydroxyl groups is 1. The van der Waals surface area contributed by atoms with Crippen molar-refractivity contribution in [3.05, 3.63) is 53.6 Å². The van der Waals surface area contributed by atoms with Crippen molar-refractivity contribution in [1.82, 2.24) is 68.0 Å². The number of carboxylic acids is 1. The Morgan fingerprint density at radius 3 is 1.92 bits per heavy atom. The number of carbonyl (C=O) groups excluding carboxylic acids is 9. The molecule has 7 aliphatic rings. The highest BCUT2D eigenvalue weighted by Gasteiger charge is 2.50. The number of aliphatic hydroxyl groups excluding tert-OH is 1. The van der Waals surface area contributed by atoms with Gasteiger partial charge >= 0.3 is 5.97 Å². The molecule has 3 saturated heterocycles. The maximum atomic E-state index is 15.3.